The topological polar surface area (TPSA) is 122 Å². The molecule has 0 aliphatic heterocycles. The Kier molecular flexibility index (Phi) is 7.46. The van der Waals surface area contributed by atoms with Gasteiger partial charge in [0.25, 0.3) is 5.91 Å². The fourth-order valence-electron chi connectivity index (χ4n) is 3.50. The number of aromatic nitrogens is 2. The number of aliphatic hydroxyl groups excluding tert-OH is 1. The van der Waals surface area contributed by atoms with Crippen LogP contribution in [0.5, 0.6) is 5.75 Å². The van der Waals surface area contributed by atoms with E-state index >= 15 is 0 Å². The Bertz CT molecular complexity index is 849. The molecule has 162 valence electrons. The molecular weight excluding hydrogens is 382 g/mol. The normalized spacial score (nSPS) is 18.6. The van der Waals surface area contributed by atoms with Gasteiger partial charge in [0.1, 0.15) is 11.6 Å². The van der Waals surface area contributed by atoms with Crippen molar-refractivity contribution in [2.45, 2.75) is 64.5 Å². The molecule has 8 nitrogen and oxygen atoms in total. The zero-order chi connectivity index (χ0) is 21.5. The molecule has 0 radical (unpaired) electrons. The second-order valence-electron chi connectivity index (χ2n) is 7.58. The minimum atomic E-state index is -0.630. The van der Waals surface area contributed by atoms with Crippen LogP contribution in [0.2, 0.25) is 0 Å². The van der Waals surface area contributed by atoms with Crippen LogP contribution in [0.25, 0.3) is 0 Å². The fourth-order valence-corrected chi connectivity index (χ4v) is 3.50. The molecule has 0 atom stereocenters. The van der Waals surface area contributed by atoms with Gasteiger partial charge in [0.2, 0.25) is 0 Å². The van der Waals surface area contributed by atoms with Gasteiger partial charge in [-0.2, -0.15) is 0 Å². The highest BCUT2D eigenvalue weighted by Gasteiger charge is 2.22. The van der Waals surface area contributed by atoms with Gasteiger partial charge in [-0.1, -0.05) is 13.8 Å². The van der Waals surface area contributed by atoms with Crippen LogP contribution in [-0.4, -0.2) is 39.7 Å². The summed E-state index contributed by atoms with van der Waals surface area (Å²) in [6.07, 6.45) is 4.61. The Hall–Kier alpha value is -2.87. The van der Waals surface area contributed by atoms with Gasteiger partial charge in [0.05, 0.1) is 18.4 Å². The van der Waals surface area contributed by atoms with Crippen LogP contribution in [0.15, 0.2) is 24.3 Å². The summed E-state index contributed by atoms with van der Waals surface area (Å²) < 4.78 is 5.61. The third kappa shape index (κ3) is 5.60. The van der Waals surface area contributed by atoms with Crippen molar-refractivity contribution in [3.05, 3.63) is 35.7 Å². The molecule has 1 heterocycles. The number of benzene rings is 1. The number of anilines is 3. The molecule has 8 heteroatoms. The van der Waals surface area contributed by atoms with Gasteiger partial charge >= 0.3 is 0 Å². The SMILES string of the molecule is CCCOc1ccc(Nc2nc(N[C@H]3CC[C@H](O)CC3)c(CC)nc2C(N)=O)cc1. The van der Waals surface area contributed by atoms with Crippen LogP contribution in [0.4, 0.5) is 17.3 Å². The van der Waals surface area contributed by atoms with Crippen LogP contribution in [0.3, 0.4) is 0 Å². The first-order chi connectivity index (χ1) is 14.5. The molecule has 0 spiro atoms. The van der Waals surface area contributed by atoms with E-state index in [0.29, 0.717) is 30.4 Å². The van der Waals surface area contributed by atoms with E-state index in [-0.39, 0.29) is 17.8 Å². The Morgan fingerprint density at radius 2 is 1.83 bits per heavy atom. The molecule has 0 unspecified atom stereocenters. The van der Waals surface area contributed by atoms with Gasteiger partial charge in [-0.15, -0.1) is 0 Å². The first-order valence-corrected chi connectivity index (χ1v) is 10.6. The molecule has 1 aliphatic carbocycles. The number of hydrogen-bond acceptors (Lipinski definition) is 7. The molecule has 1 saturated carbocycles. The molecular formula is C22H31N5O3. The van der Waals surface area contributed by atoms with Crippen LogP contribution >= 0.6 is 0 Å². The Labute approximate surface area is 177 Å². The van der Waals surface area contributed by atoms with Crippen molar-refractivity contribution >= 4 is 23.2 Å². The fraction of sp³-hybridized carbons (Fsp3) is 0.500. The van der Waals surface area contributed by atoms with Gasteiger partial charge in [0.15, 0.2) is 11.5 Å². The number of aryl methyl sites for hydroxylation is 1. The molecule has 5 N–H and O–H groups in total. The van der Waals surface area contributed by atoms with Crippen molar-refractivity contribution in [1.82, 2.24) is 9.97 Å². The van der Waals surface area contributed by atoms with E-state index in [4.69, 9.17) is 10.5 Å². The lowest BCUT2D eigenvalue weighted by Gasteiger charge is -2.27. The number of carbonyl (C=O) groups excluding carboxylic acids is 1. The molecule has 30 heavy (non-hydrogen) atoms. The van der Waals surface area contributed by atoms with E-state index in [2.05, 4.69) is 27.5 Å². The third-order valence-electron chi connectivity index (χ3n) is 5.16. The van der Waals surface area contributed by atoms with E-state index in [1.807, 2.05) is 31.2 Å². The summed E-state index contributed by atoms with van der Waals surface area (Å²) in [7, 11) is 0. The number of rotatable bonds is 9. The quantitative estimate of drug-likeness (QED) is 0.497. The number of primary amides is 1. The number of hydrogen-bond donors (Lipinski definition) is 4. The van der Waals surface area contributed by atoms with E-state index in [0.717, 1.165) is 43.5 Å². The lowest BCUT2D eigenvalue weighted by Crippen LogP contribution is -2.29. The number of ether oxygens (including phenoxy) is 1. The van der Waals surface area contributed by atoms with Crippen molar-refractivity contribution in [2.75, 3.05) is 17.2 Å². The zero-order valence-corrected chi connectivity index (χ0v) is 17.6. The smallest absolute Gasteiger partial charge is 0.271 e. The first kappa shape index (κ1) is 21.8. The van der Waals surface area contributed by atoms with E-state index < -0.39 is 5.91 Å². The predicted molar refractivity (Wildman–Crippen MR) is 117 cm³/mol. The third-order valence-corrected chi connectivity index (χ3v) is 5.16. The minimum absolute atomic E-state index is 0.114. The van der Waals surface area contributed by atoms with Crippen LogP contribution < -0.4 is 21.1 Å². The van der Waals surface area contributed by atoms with Gasteiger partial charge < -0.3 is 26.2 Å². The summed E-state index contributed by atoms with van der Waals surface area (Å²) >= 11 is 0. The average Bonchev–Trinajstić information content (AvgIpc) is 2.75. The highest BCUT2D eigenvalue weighted by atomic mass is 16.5. The van der Waals surface area contributed by atoms with Crippen LogP contribution in [0.1, 0.15) is 62.1 Å². The number of aliphatic hydroxyl groups is 1. The molecule has 1 aromatic carbocycles. The Morgan fingerprint density at radius 1 is 1.13 bits per heavy atom. The standard InChI is InChI=1S/C22H31N5O3/c1-3-13-30-17-11-7-15(8-12-17)25-22-19(20(23)29)26-18(4-2)21(27-22)24-14-5-9-16(28)10-6-14/h7-8,11-12,14,16,28H,3-6,9-10,13H2,1-2H3,(H2,23,29)(H2,24,25,27)/t14-,16-. The number of nitrogens with one attached hydrogen (secondary N) is 2. The van der Waals surface area contributed by atoms with Gasteiger partial charge in [-0.05, 0) is 62.8 Å². The summed E-state index contributed by atoms with van der Waals surface area (Å²) in [6.45, 7) is 4.68. The van der Waals surface area contributed by atoms with Crippen LogP contribution in [-0.2, 0) is 6.42 Å². The molecule has 1 aromatic heterocycles. The van der Waals surface area contributed by atoms with Crippen molar-refractivity contribution in [1.29, 1.82) is 0 Å². The van der Waals surface area contributed by atoms with Crippen molar-refractivity contribution < 1.29 is 14.6 Å². The minimum Gasteiger partial charge on any atom is -0.494 e. The summed E-state index contributed by atoms with van der Waals surface area (Å²) in [5.74, 6) is 1.12. The summed E-state index contributed by atoms with van der Waals surface area (Å²) in [6, 6.07) is 7.67. The number of nitrogens with zero attached hydrogens (tertiary/aromatic N) is 2. The van der Waals surface area contributed by atoms with Crippen molar-refractivity contribution in [2.24, 2.45) is 5.73 Å². The molecule has 1 fully saturated rings. The van der Waals surface area contributed by atoms with Gasteiger partial charge in [-0.25, -0.2) is 9.97 Å². The molecule has 0 bridgehead atoms. The summed E-state index contributed by atoms with van der Waals surface area (Å²) in [5, 5.41) is 16.4. The lowest BCUT2D eigenvalue weighted by molar-refractivity contribution is 0.0996. The maximum absolute atomic E-state index is 12.0. The highest BCUT2D eigenvalue weighted by Crippen LogP contribution is 2.27. The molecule has 1 amide bonds. The monoisotopic (exact) mass is 413 g/mol. The molecule has 2 aromatic rings. The van der Waals surface area contributed by atoms with Crippen LogP contribution in [0, 0.1) is 0 Å². The van der Waals surface area contributed by atoms with Gasteiger partial charge in [-0.3, -0.25) is 4.79 Å². The molecule has 3 rings (SSSR count). The molecule has 1 aliphatic rings. The first-order valence-electron chi connectivity index (χ1n) is 10.6. The summed E-state index contributed by atoms with van der Waals surface area (Å²) in [4.78, 5) is 21.2. The molecule has 0 saturated heterocycles. The second-order valence-corrected chi connectivity index (χ2v) is 7.58. The maximum atomic E-state index is 12.0. The largest absolute Gasteiger partial charge is 0.494 e. The van der Waals surface area contributed by atoms with Gasteiger partial charge in [0, 0.05) is 11.7 Å². The number of amides is 1. The Balaban J connectivity index is 1.83. The second kappa shape index (κ2) is 10.2. The maximum Gasteiger partial charge on any atom is 0.271 e. The van der Waals surface area contributed by atoms with E-state index in [1.165, 1.54) is 0 Å². The van der Waals surface area contributed by atoms with E-state index in [9.17, 15) is 9.90 Å². The zero-order valence-electron chi connectivity index (χ0n) is 17.6. The number of carbonyl (C=O) groups is 1. The predicted octanol–water partition coefficient (Wildman–Crippen LogP) is 3.39. The van der Waals surface area contributed by atoms with Crippen molar-refractivity contribution in [3.8, 4) is 5.75 Å². The van der Waals surface area contributed by atoms with E-state index in [1.54, 1.807) is 0 Å². The lowest BCUT2D eigenvalue weighted by atomic mass is 9.93. The highest BCUT2D eigenvalue weighted by molar-refractivity contribution is 5.96. The van der Waals surface area contributed by atoms with Crippen molar-refractivity contribution in [3.63, 3.8) is 0 Å². The summed E-state index contributed by atoms with van der Waals surface area (Å²) in [5.41, 5.74) is 7.14. The average molecular weight is 414 g/mol. The number of nitrogens with two attached hydrogens (primary N) is 1. The Morgan fingerprint density at radius 3 is 2.43 bits per heavy atom.